The van der Waals surface area contributed by atoms with Crippen LogP contribution in [0.3, 0.4) is 0 Å². The van der Waals surface area contributed by atoms with Crippen LogP contribution in [0, 0.1) is 6.92 Å². The highest BCUT2D eigenvalue weighted by atomic mass is 16.5. The second kappa shape index (κ2) is 7.52. The molecule has 1 heterocycles. The third-order valence-electron chi connectivity index (χ3n) is 3.87. The molecule has 26 heavy (non-hydrogen) atoms. The number of amides is 1. The lowest BCUT2D eigenvalue weighted by Gasteiger charge is -2.03. The van der Waals surface area contributed by atoms with Crippen molar-refractivity contribution in [1.29, 1.82) is 0 Å². The molecule has 3 N–H and O–H groups in total. The quantitative estimate of drug-likeness (QED) is 0.487. The standard InChI is InChI=1S/C19H18N4O3/c1-12-17(14-6-4-3-5-7-14)21-22-18(12)19(25)23-20-11-13-8-9-15(24)16(10-13)26-2/h3-11,24H,1-2H3,(H,21,22)(H,23,25)/b20-11+. The van der Waals surface area contributed by atoms with E-state index in [2.05, 4.69) is 20.7 Å². The van der Waals surface area contributed by atoms with Gasteiger partial charge in [-0.05, 0) is 30.7 Å². The van der Waals surface area contributed by atoms with Crippen LogP contribution in [-0.4, -0.2) is 34.5 Å². The number of H-pyrrole nitrogens is 1. The predicted octanol–water partition coefficient (Wildman–Crippen LogP) is 2.86. The van der Waals surface area contributed by atoms with Crippen LogP contribution < -0.4 is 10.2 Å². The molecule has 7 heteroatoms. The third-order valence-corrected chi connectivity index (χ3v) is 3.87. The van der Waals surface area contributed by atoms with Crippen LogP contribution in [-0.2, 0) is 0 Å². The summed E-state index contributed by atoms with van der Waals surface area (Å²) in [7, 11) is 1.46. The number of benzene rings is 2. The van der Waals surface area contributed by atoms with E-state index in [0.29, 0.717) is 17.0 Å². The fourth-order valence-electron chi connectivity index (χ4n) is 2.49. The molecule has 0 aliphatic rings. The van der Waals surface area contributed by atoms with Crippen LogP contribution in [0.1, 0.15) is 21.6 Å². The van der Waals surface area contributed by atoms with E-state index in [1.165, 1.54) is 19.4 Å². The number of aromatic nitrogens is 2. The largest absolute Gasteiger partial charge is 0.504 e. The summed E-state index contributed by atoms with van der Waals surface area (Å²) in [6.45, 7) is 1.83. The van der Waals surface area contributed by atoms with Gasteiger partial charge in [0.05, 0.1) is 19.0 Å². The molecule has 3 aromatic rings. The number of carbonyl (C=O) groups is 1. The predicted molar refractivity (Wildman–Crippen MR) is 98.5 cm³/mol. The maximum atomic E-state index is 12.3. The number of hydrazone groups is 1. The van der Waals surface area contributed by atoms with Gasteiger partial charge in [0.25, 0.3) is 5.91 Å². The molecule has 0 atom stereocenters. The summed E-state index contributed by atoms with van der Waals surface area (Å²) in [6, 6.07) is 14.4. The zero-order chi connectivity index (χ0) is 18.5. The van der Waals surface area contributed by atoms with Gasteiger partial charge in [-0.25, -0.2) is 5.43 Å². The summed E-state index contributed by atoms with van der Waals surface area (Å²) < 4.78 is 5.03. The summed E-state index contributed by atoms with van der Waals surface area (Å²) in [5, 5.41) is 20.5. The molecule has 132 valence electrons. The highest BCUT2D eigenvalue weighted by Crippen LogP contribution is 2.25. The van der Waals surface area contributed by atoms with Crippen molar-refractivity contribution >= 4 is 12.1 Å². The Morgan fingerprint density at radius 3 is 2.77 bits per heavy atom. The number of nitrogens with one attached hydrogen (secondary N) is 2. The first-order valence-electron chi connectivity index (χ1n) is 7.91. The SMILES string of the molecule is COc1cc(/C=N/NC(=O)c2[nH]nc(-c3ccccc3)c2C)ccc1O. The number of aromatic hydroxyl groups is 1. The molecule has 0 spiro atoms. The van der Waals surface area contributed by atoms with Gasteiger partial charge in [0, 0.05) is 11.1 Å². The first kappa shape index (κ1) is 17.2. The normalized spacial score (nSPS) is 10.8. The van der Waals surface area contributed by atoms with E-state index in [9.17, 15) is 9.90 Å². The third kappa shape index (κ3) is 3.56. The number of phenols is 1. The van der Waals surface area contributed by atoms with Crippen molar-refractivity contribution in [3.8, 4) is 22.8 Å². The summed E-state index contributed by atoms with van der Waals surface area (Å²) in [6.07, 6.45) is 1.46. The number of methoxy groups -OCH3 is 1. The van der Waals surface area contributed by atoms with Crippen LogP contribution >= 0.6 is 0 Å². The van der Waals surface area contributed by atoms with Crippen molar-refractivity contribution in [2.24, 2.45) is 5.10 Å². The number of nitrogens with zero attached hydrogens (tertiary/aromatic N) is 2. The van der Waals surface area contributed by atoms with Crippen molar-refractivity contribution in [3.05, 3.63) is 65.4 Å². The van der Waals surface area contributed by atoms with E-state index < -0.39 is 0 Å². The number of phenolic OH excluding ortho intramolecular Hbond substituents is 1. The monoisotopic (exact) mass is 350 g/mol. The van der Waals surface area contributed by atoms with E-state index in [1.807, 2.05) is 37.3 Å². The Balaban J connectivity index is 1.72. The van der Waals surface area contributed by atoms with Gasteiger partial charge in [0.2, 0.25) is 0 Å². The maximum Gasteiger partial charge on any atom is 0.289 e. The summed E-state index contributed by atoms with van der Waals surface area (Å²) >= 11 is 0. The molecule has 0 saturated heterocycles. The van der Waals surface area contributed by atoms with Crippen molar-refractivity contribution < 1.29 is 14.6 Å². The lowest BCUT2D eigenvalue weighted by Crippen LogP contribution is -2.19. The first-order valence-corrected chi connectivity index (χ1v) is 7.91. The second-order valence-electron chi connectivity index (χ2n) is 5.57. The molecule has 0 fully saturated rings. The fraction of sp³-hybridized carbons (Fsp3) is 0.105. The van der Waals surface area contributed by atoms with Crippen molar-refractivity contribution in [3.63, 3.8) is 0 Å². The number of aromatic amines is 1. The van der Waals surface area contributed by atoms with Gasteiger partial charge in [-0.1, -0.05) is 30.3 Å². The van der Waals surface area contributed by atoms with Crippen LogP contribution in [0.25, 0.3) is 11.3 Å². The number of rotatable bonds is 5. The molecular formula is C19H18N4O3. The number of hydrogen-bond acceptors (Lipinski definition) is 5. The minimum absolute atomic E-state index is 0.0372. The van der Waals surface area contributed by atoms with Gasteiger partial charge in [0.1, 0.15) is 5.69 Å². The van der Waals surface area contributed by atoms with Crippen molar-refractivity contribution in [1.82, 2.24) is 15.6 Å². The Morgan fingerprint density at radius 1 is 1.27 bits per heavy atom. The average molecular weight is 350 g/mol. The van der Waals surface area contributed by atoms with E-state index in [-0.39, 0.29) is 11.7 Å². The van der Waals surface area contributed by atoms with Crippen molar-refractivity contribution in [2.45, 2.75) is 6.92 Å². The number of hydrogen-bond donors (Lipinski definition) is 3. The Kier molecular flexibility index (Phi) is 4.98. The molecule has 7 nitrogen and oxygen atoms in total. The molecule has 2 aromatic carbocycles. The Labute approximate surface area is 150 Å². The number of ether oxygens (including phenoxy) is 1. The first-order chi connectivity index (χ1) is 12.6. The highest BCUT2D eigenvalue weighted by molar-refractivity contribution is 5.96. The molecule has 3 rings (SSSR count). The Hall–Kier alpha value is -3.61. The summed E-state index contributed by atoms with van der Waals surface area (Å²) in [5.41, 5.74) is 5.89. The molecule has 1 aromatic heterocycles. The molecule has 0 bridgehead atoms. The zero-order valence-electron chi connectivity index (χ0n) is 14.4. The van der Waals surface area contributed by atoms with Gasteiger partial charge < -0.3 is 9.84 Å². The van der Waals surface area contributed by atoms with Gasteiger partial charge in [-0.3, -0.25) is 9.89 Å². The van der Waals surface area contributed by atoms with Gasteiger partial charge in [0.15, 0.2) is 11.5 Å². The van der Waals surface area contributed by atoms with Crippen LogP contribution in [0.5, 0.6) is 11.5 Å². The van der Waals surface area contributed by atoms with E-state index in [1.54, 1.807) is 12.1 Å². The average Bonchev–Trinajstić information content (AvgIpc) is 3.05. The number of carbonyl (C=O) groups excluding carboxylic acids is 1. The molecule has 0 unspecified atom stereocenters. The van der Waals surface area contributed by atoms with Crippen LogP contribution in [0.2, 0.25) is 0 Å². The molecule has 0 aliphatic heterocycles. The molecule has 0 radical (unpaired) electrons. The second-order valence-corrected chi connectivity index (χ2v) is 5.57. The molecule has 0 aliphatic carbocycles. The lowest BCUT2D eigenvalue weighted by atomic mass is 10.1. The van der Waals surface area contributed by atoms with Gasteiger partial charge in [-0.2, -0.15) is 10.2 Å². The zero-order valence-corrected chi connectivity index (χ0v) is 14.4. The van der Waals surface area contributed by atoms with Crippen LogP contribution in [0.15, 0.2) is 53.6 Å². The van der Waals surface area contributed by atoms with E-state index in [4.69, 9.17) is 4.74 Å². The van der Waals surface area contributed by atoms with Crippen LogP contribution in [0.4, 0.5) is 0 Å². The van der Waals surface area contributed by atoms with Gasteiger partial charge in [-0.15, -0.1) is 0 Å². The summed E-state index contributed by atoms with van der Waals surface area (Å²) in [5.74, 6) is -0.0217. The fourth-order valence-corrected chi connectivity index (χ4v) is 2.49. The minimum Gasteiger partial charge on any atom is -0.504 e. The molecule has 1 amide bonds. The van der Waals surface area contributed by atoms with Crippen molar-refractivity contribution in [2.75, 3.05) is 7.11 Å². The molecular weight excluding hydrogens is 332 g/mol. The Bertz CT molecular complexity index is 949. The Morgan fingerprint density at radius 2 is 2.04 bits per heavy atom. The van der Waals surface area contributed by atoms with E-state index >= 15 is 0 Å². The van der Waals surface area contributed by atoms with Gasteiger partial charge >= 0.3 is 0 Å². The summed E-state index contributed by atoms with van der Waals surface area (Å²) in [4.78, 5) is 12.3. The minimum atomic E-state index is -0.390. The highest BCUT2D eigenvalue weighted by Gasteiger charge is 2.16. The van der Waals surface area contributed by atoms with E-state index in [0.717, 1.165) is 16.8 Å². The molecule has 0 saturated carbocycles. The topological polar surface area (TPSA) is 99.6 Å². The maximum absolute atomic E-state index is 12.3. The smallest absolute Gasteiger partial charge is 0.289 e. The lowest BCUT2D eigenvalue weighted by molar-refractivity contribution is 0.0949.